The van der Waals surface area contributed by atoms with Crippen LogP contribution in [0.3, 0.4) is 0 Å². The molecule has 1 unspecified atom stereocenters. The van der Waals surface area contributed by atoms with Crippen LogP contribution in [0.15, 0.2) is 24.3 Å². The average molecular weight is 262 g/mol. The lowest BCUT2D eigenvalue weighted by Crippen LogP contribution is -2.42. The van der Waals surface area contributed by atoms with Crippen molar-refractivity contribution in [2.45, 2.75) is 58.5 Å². The third-order valence-corrected chi connectivity index (χ3v) is 3.41. The van der Waals surface area contributed by atoms with Crippen molar-refractivity contribution >= 4 is 5.91 Å². The van der Waals surface area contributed by atoms with E-state index in [4.69, 9.17) is 5.73 Å². The molecule has 1 amide bonds. The maximum atomic E-state index is 12.0. The van der Waals surface area contributed by atoms with E-state index in [1.54, 1.807) is 0 Å². The average Bonchev–Trinajstić information content (AvgIpc) is 2.42. The van der Waals surface area contributed by atoms with Crippen molar-refractivity contribution in [1.29, 1.82) is 0 Å². The second-order valence-electron chi connectivity index (χ2n) is 5.13. The molecule has 0 saturated carbocycles. The van der Waals surface area contributed by atoms with Crippen molar-refractivity contribution in [3.05, 3.63) is 35.4 Å². The highest BCUT2D eigenvalue weighted by atomic mass is 16.2. The van der Waals surface area contributed by atoms with Gasteiger partial charge in [0.25, 0.3) is 0 Å². The zero-order chi connectivity index (χ0) is 14.3. The zero-order valence-electron chi connectivity index (χ0n) is 12.3. The maximum absolute atomic E-state index is 12.0. The van der Waals surface area contributed by atoms with Gasteiger partial charge in [0, 0.05) is 0 Å². The molecule has 3 nitrogen and oxygen atoms in total. The summed E-state index contributed by atoms with van der Waals surface area (Å²) in [6.07, 6.45) is 3.69. The normalized spacial score (nSPS) is 13.9. The van der Waals surface area contributed by atoms with E-state index in [1.165, 1.54) is 5.56 Å². The summed E-state index contributed by atoms with van der Waals surface area (Å²) in [6, 6.07) is 7.95. The second kappa shape index (κ2) is 7.95. The van der Waals surface area contributed by atoms with Crippen molar-refractivity contribution < 1.29 is 4.79 Å². The molecule has 1 aromatic rings. The lowest BCUT2D eigenvalue weighted by atomic mass is 10.0. The van der Waals surface area contributed by atoms with Crippen LogP contribution >= 0.6 is 0 Å². The molecule has 0 saturated heterocycles. The van der Waals surface area contributed by atoms with E-state index in [0.717, 1.165) is 31.2 Å². The third kappa shape index (κ3) is 5.03. The fourth-order valence-corrected chi connectivity index (χ4v) is 2.05. The summed E-state index contributed by atoms with van der Waals surface area (Å²) in [4.78, 5) is 12.0. The standard InChI is InChI=1S/C16H26N2O/c1-4-6-7-14(17)16(19)18-15(5-2)13-10-8-12(3)9-11-13/h8-11,14-15H,4-7,17H2,1-3H3,(H,18,19)/t14-,15?/m0/s1. The van der Waals surface area contributed by atoms with Crippen molar-refractivity contribution in [3.63, 3.8) is 0 Å². The van der Waals surface area contributed by atoms with E-state index in [-0.39, 0.29) is 18.0 Å². The number of unbranched alkanes of at least 4 members (excludes halogenated alkanes) is 1. The van der Waals surface area contributed by atoms with Crippen LogP contribution in [0.4, 0.5) is 0 Å². The van der Waals surface area contributed by atoms with Crippen LogP contribution in [0.2, 0.25) is 0 Å². The largest absolute Gasteiger partial charge is 0.348 e. The van der Waals surface area contributed by atoms with Gasteiger partial charge in [-0.25, -0.2) is 0 Å². The number of nitrogens with two attached hydrogens (primary N) is 1. The molecule has 0 spiro atoms. The van der Waals surface area contributed by atoms with E-state index in [9.17, 15) is 4.79 Å². The quantitative estimate of drug-likeness (QED) is 0.793. The zero-order valence-corrected chi connectivity index (χ0v) is 12.3. The topological polar surface area (TPSA) is 55.1 Å². The Morgan fingerprint density at radius 3 is 2.42 bits per heavy atom. The lowest BCUT2D eigenvalue weighted by Gasteiger charge is -2.20. The Bertz CT molecular complexity index is 386. The lowest BCUT2D eigenvalue weighted by molar-refractivity contribution is -0.123. The van der Waals surface area contributed by atoms with Gasteiger partial charge in [0.15, 0.2) is 0 Å². The number of hydrogen-bond acceptors (Lipinski definition) is 2. The number of amides is 1. The number of carbonyl (C=O) groups is 1. The van der Waals surface area contributed by atoms with E-state index >= 15 is 0 Å². The minimum absolute atomic E-state index is 0.0409. The Morgan fingerprint density at radius 2 is 1.89 bits per heavy atom. The van der Waals surface area contributed by atoms with Gasteiger partial charge in [-0.05, 0) is 25.3 Å². The van der Waals surface area contributed by atoms with Gasteiger partial charge in [-0.15, -0.1) is 0 Å². The van der Waals surface area contributed by atoms with Gasteiger partial charge in [-0.1, -0.05) is 56.5 Å². The number of nitrogens with one attached hydrogen (secondary N) is 1. The number of aryl methyl sites for hydroxylation is 1. The van der Waals surface area contributed by atoms with Gasteiger partial charge >= 0.3 is 0 Å². The molecule has 106 valence electrons. The predicted octanol–water partition coefficient (Wildman–Crippen LogP) is 3.08. The molecule has 0 aliphatic carbocycles. The summed E-state index contributed by atoms with van der Waals surface area (Å²) in [5, 5.41) is 3.05. The first-order valence-electron chi connectivity index (χ1n) is 7.21. The highest BCUT2D eigenvalue weighted by Crippen LogP contribution is 2.17. The Kier molecular flexibility index (Phi) is 6.57. The Labute approximate surface area is 116 Å². The van der Waals surface area contributed by atoms with Crippen LogP contribution in [0.25, 0.3) is 0 Å². The Morgan fingerprint density at radius 1 is 1.26 bits per heavy atom. The van der Waals surface area contributed by atoms with Crippen LogP contribution in [-0.4, -0.2) is 11.9 Å². The summed E-state index contributed by atoms with van der Waals surface area (Å²) in [6.45, 7) is 6.23. The smallest absolute Gasteiger partial charge is 0.237 e. The van der Waals surface area contributed by atoms with E-state index in [2.05, 4.69) is 50.4 Å². The van der Waals surface area contributed by atoms with Crippen molar-refractivity contribution in [1.82, 2.24) is 5.32 Å². The highest BCUT2D eigenvalue weighted by Gasteiger charge is 2.17. The van der Waals surface area contributed by atoms with Crippen molar-refractivity contribution in [2.75, 3.05) is 0 Å². The Balaban J connectivity index is 2.61. The molecule has 2 atom stereocenters. The first-order chi connectivity index (χ1) is 9.08. The van der Waals surface area contributed by atoms with Gasteiger partial charge in [0.1, 0.15) is 0 Å². The molecule has 0 aliphatic heterocycles. The minimum atomic E-state index is -0.389. The van der Waals surface area contributed by atoms with Crippen LogP contribution in [0.1, 0.15) is 56.7 Å². The SMILES string of the molecule is CCCC[C@H](N)C(=O)NC(CC)c1ccc(C)cc1. The molecule has 0 heterocycles. The minimum Gasteiger partial charge on any atom is -0.348 e. The van der Waals surface area contributed by atoms with Gasteiger partial charge in [-0.2, -0.15) is 0 Å². The first kappa shape index (κ1) is 15.7. The van der Waals surface area contributed by atoms with Crippen molar-refractivity contribution in [3.8, 4) is 0 Å². The summed E-state index contributed by atoms with van der Waals surface area (Å²) in [5.74, 6) is -0.0409. The molecule has 0 bridgehead atoms. The summed E-state index contributed by atoms with van der Waals surface area (Å²) in [5.41, 5.74) is 8.27. The van der Waals surface area contributed by atoms with Gasteiger partial charge in [0.2, 0.25) is 5.91 Å². The molecule has 0 aromatic heterocycles. The van der Waals surface area contributed by atoms with Crippen LogP contribution < -0.4 is 11.1 Å². The fourth-order valence-electron chi connectivity index (χ4n) is 2.05. The molecule has 3 heteroatoms. The molecular formula is C16H26N2O. The predicted molar refractivity (Wildman–Crippen MR) is 79.9 cm³/mol. The van der Waals surface area contributed by atoms with Gasteiger partial charge in [-0.3, -0.25) is 4.79 Å². The molecule has 19 heavy (non-hydrogen) atoms. The number of hydrogen-bond donors (Lipinski definition) is 2. The molecule has 3 N–H and O–H groups in total. The van der Waals surface area contributed by atoms with E-state index < -0.39 is 0 Å². The Hall–Kier alpha value is -1.35. The fraction of sp³-hybridized carbons (Fsp3) is 0.562. The number of benzene rings is 1. The number of rotatable bonds is 7. The summed E-state index contributed by atoms with van der Waals surface area (Å²) >= 11 is 0. The highest BCUT2D eigenvalue weighted by molar-refractivity contribution is 5.81. The third-order valence-electron chi connectivity index (χ3n) is 3.41. The van der Waals surface area contributed by atoms with Crippen molar-refractivity contribution in [2.24, 2.45) is 5.73 Å². The van der Waals surface area contributed by atoms with Crippen LogP contribution in [0, 0.1) is 6.92 Å². The van der Waals surface area contributed by atoms with Gasteiger partial charge < -0.3 is 11.1 Å². The molecule has 1 aromatic carbocycles. The molecule has 0 fully saturated rings. The monoisotopic (exact) mass is 262 g/mol. The molecule has 1 rings (SSSR count). The van der Waals surface area contributed by atoms with Crippen LogP contribution in [0.5, 0.6) is 0 Å². The van der Waals surface area contributed by atoms with E-state index in [1.807, 2.05) is 0 Å². The second-order valence-corrected chi connectivity index (χ2v) is 5.13. The summed E-state index contributed by atoms with van der Waals surface area (Å²) in [7, 11) is 0. The molecule has 0 aliphatic rings. The first-order valence-corrected chi connectivity index (χ1v) is 7.21. The molecule has 0 radical (unpaired) electrons. The van der Waals surface area contributed by atoms with Crippen LogP contribution in [-0.2, 0) is 4.79 Å². The molecular weight excluding hydrogens is 236 g/mol. The number of carbonyl (C=O) groups excluding carboxylic acids is 1. The van der Waals surface area contributed by atoms with Gasteiger partial charge in [0.05, 0.1) is 12.1 Å². The summed E-state index contributed by atoms with van der Waals surface area (Å²) < 4.78 is 0. The maximum Gasteiger partial charge on any atom is 0.237 e. The van der Waals surface area contributed by atoms with E-state index in [0.29, 0.717) is 0 Å².